The summed E-state index contributed by atoms with van der Waals surface area (Å²) in [5.41, 5.74) is 1.76. The summed E-state index contributed by atoms with van der Waals surface area (Å²) in [6.45, 7) is 1.92. The zero-order valence-corrected chi connectivity index (χ0v) is 21.5. The fourth-order valence-electron chi connectivity index (χ4n) is 3.64. The number of hydrogen-bond donors (Lipinski definition) is 0. The van der Waals surface area contributed by atoms with Gasteiger partial charge in [0.15, 0.2) is 0 Å². The van der Waals surface area contributed by atoms with Gasteiger partial charge in [-0.1, -0.05) is 88.6 Å². The second kappa shape index (κ2) is 10.8. The van der Waals surface area contributed by atoms with Crippen molar-refractivity contribution in [3.8, 4) is 0 Å². The summed E-state index contributed by atoms with van der Waals surface area (Å²) < 4.78 is 56.7. The fraction of sp³-hybridized carbons (Fsp3) is 0.111. The van der Waals surface area contributed by atoms with E-state index in [9.17, 15) is 16.8 Å². The monoisotopic (exact) mass is 523 g/mol. The average molecular weight is 524 g/mol. The van der Waals surface area contributed by atoms with Crippen molar-refractivity contribution in [1.29, 1.82) is 0 Å². The second-order valence-corrected chi connectivity index (χ2v) is 13.0. The lowest BCUT2D eigenvalue weighted by atomic mass is 10.1. The molecule has 4 aromatic rings. The van der Waals surface area contributed by atoms with E-state index in [1.807, 2.05) is 61.5 Å². The number of sulfonamides is 2. The maximum atomic E-state index is 14.0. The van der Waals surface area contributed by atoms with Crippen LogP contribution in [0.25, 0.3) is 0 Å². The molecule has 0 aliphatic carbocycles. The summed E-state index contributed by atoms with van der Waals surface area (Å²) in [6.07, 6.45) is 0.192. The molecule has 0 radical (unpaired) electrons. The molecule has 0 aromatic heterocycles. The van der Waals surface area contributed by atoms with Crippen molar-refractivity contribution in [1.82, 2.24) is 3.71 Å². The maximum Gasteiger partial charge on any atom is 0.257 e. The minimum atomic E-state index is -4.43. The molecule has 0 heterocycles. The summed E-state index contributed by atoms with van der Waals surface area (Å²) in [7, 11) is -8.87. The third-order valence-corrected chi connectivity index (χ3v) is 11.4. The van der Waals surface area contributed by atoms with Crippen molar-refractivity contribution in [2.24, 2.45) is 0 Å². The molecule has 0 N–H and O–H groups in total. The first-order valence-corrected chi connectivity index (χ1v) is 14.7. The van der Waals surface area contributed by atoms with E-state index in [4.69, 9.17) is 0 Å². The molecular weight excluding hydrogens is 499 g/mol. The van der Waals surface area contributed by atoms with Gasteiger partial charge in [0, 0.05) is 4.90 Å². The van der Waals surface area contributed by atoms with Crippen molar-refractivity contribution in [2.45, 2.75) is 33.4 Å². The Morgan fingerprint density at radius 3 is 1.54 bits per heavy atom. The highest BCUT2D eigenvalue weighted by atomic mass is 32.3. The lowest BCUT2D eigenvalue weighted by Crippen LogP contribution is -2.44. The number of benzene rings is 4. The lowest BCUT2D eigenvalue weighted by molar-refractivity contribution is 0.483. The van der Waals surface area contributed by atoms with Crippen LogP contribution in [0.5, 0.6) is 0 Å². The standard InChI is InChI=1S/C27H25NO4S3/c1-22-13-11-12-20-26(22)33-27(21-23-14-5-2-6-15-23)28(34(29,30)24-16-7-3-8-17-24)35(31,32)25-18-9-4-10-19-25/h2-20,27H,21H2,1H3. The first-order valence-electron chi connectivity index (χ1n) is 11.0. The minimum Gasteiger partial charge on any atom is -0.206 e. The zero-order valence-electron chi connectivity index (χ0n) is 19.1. The summed E-state index contributed by atoms with van der Waals surface area (Å²) in [5, 5.41) is -0.964. The van der Waals surface area contributed by atoms with Crippen LogP contribution >= 0.6 is 11.8 Å². The van der Waals surface area contributed by atoms with Crippen LogP contribution in [0.2, 0.25) is 0 Å². The fourth-order valence-corrected chi connectivity index (χ4v) is 9.38. The van der Waals surface area contributed by atoms with Crippen LogP contribution in [0.1, 0.15) is 11.1 Å². The quantitative estimate of drug-likeness (QED) is 0.207. The Hall–Kier alpha value is -2.91. The van der Waals surface area contributed by atoms with E-state index in [1.165, 1.54) is 36.0 Å². The minimum absolute atomic E-state index is 0.0806. The van der Waals surface area contributed by atoms with Crippen LogP contribution in [0.15, 0.2) is 130 Å². The Morgan fingerprint density at radius 1 is 0.629 bits per heavy atom. The Labute approximate surface area is 211 Å². The van der Waals surface area contributed by atoms with Crippen molar-refractivity contribution in [3.63, 3.8) is 0 Å². The van der Waals surface area contributed by atoms with Crippen LogP contribution in [0.4, 0.5) is 0 Å². The van der Waals surface area contributed by atoms with Gasteiger partial charge >= 0.3 is 0 Å². The van der Waals surface area contributed by atoms with E-state index >= 15 is 0 Å². The van der Waals surface area contributed by atoms with E-state index in [-0.39, 0.29) is 16.2 Å². The Balaban J connectivity index is 1.92. The molecule has 0 fully saturated rings. The third-order valence-electron chi connectivity index (χ3n) is 5.40. The van der Waals surface area contributed by atoms with Crippen LogP contribution in [-0.4, -0.2) is 25.9 Å². The number of aryl methyl sites for hydroxylation is 1. The van der Waals surface area contributed by atoms with Crippen LogP contribution in [-0.2, 0) is 26.5 Å². The Bertz CT molecular complexity index is 1410. The Kier molecular flexibility index (Phi) is 7.76. The molecule has 8 heteroatoms. The third kappa shape index (κ3) is 5.67. The van der Waals surface area contributed by atoms with Crippen LogP contribution in [0, 0.1) is 6.92 Å². The second-order valence-electron chi connectivity index (χ2n) is 7.89. The number of rotatable bonds is 9. The highest BCUT2D eigenvalue weighted by Crippen LogP contribution is 2.37. The molecular formula is C27H25NO4S3. The van der Waals surface area contributed by atoms with E-state index in [1.54, 1.807) is 36.4 Å². The van der Waals surface area contributed by atoms with Gasteiger partial charge in [0.05, 0.1) is 15.2 Å². The number of nitrogens with zero attached hydrogens (tertiary/aromatic N) is 1. The Morgan fingerprint density at radius 2 is 1.06 bits per heavy atom. The summed E-state index contributed by atoms with van der Waals surface area (Å²) in [5.74, 6) is 0. The van der Waals surface area contributed by atoms with E-state index < -0.39 is 25.4 Å². The zero-order chi connectivity index (χ0) is 24.9. The first-order chi connectivity index (χ1) is 16.8. The van der Waals surface area contributed by atoms with E-state index in [2.05, 4.69) is 0 Å². The average Bonchev–Trinajstić information content (AvgIpc) is 2.87. The SMILES string of the molecule is Cc1ccccc1SC(Cc1ccccc1)N(S(=O)(=O)c1ccccc1)S(=O)(=O)c1ccccc1. The molecule has 0 aliphatic heterocycles. The summed E-state index contributed by atoms with van der Waals surface area (Å²) in [4.78, 5) is 0.649. The first kappa shape index (κ1) is 25.2. The molecule has 0 bridgehead atoms. The van der Waals surface area contributed by atoms with E-state index in [0.717, 1.165) is 16.0 Å². The van der Waals surface area contributed by atoms with Crippen molar-refractivity contribution < 1.29 is 16.8 Å². The number of thioether (sulfide) groups is 1. The molecule has 1 unspecified atom stereocenters. The predicted molar refractivity (Wildman–Crippen MR) is 140 cm³/mol. The summed E-state index contributed by atoms with van der Waals surface area (Å²) in [6, 6.07) is 32.3. The molecule has 4 aromatic carbocycles. The number of hydrogen-bond acceptors (Lipinski definition) is 5. The van der Waals surface area contributed by atoms with Gasteiger partial charge in [-0.05, 0) is 54.8 Å². The molecule has 4 rings (SSSR count). The van der Waals surface area contributed by atoms with Gasteiger partial charge in [0.2, 0.25) is 0 Å². The predicted octanol–water partition coefficient (Wildman–Crippen LogP) is 5.74. The molecule has 0 saturated heterocycles. The van der Waals surface area contributed by atoms with Gasteiger partial charge in [0.1, 0.15) is 0 Å². The van der Waals surface area contributed by atoms with Gasteiger partial charge in [0.25, 0.3) is 20.0 Å². The van der Waals surface area contributed by atoms with Gasteiger partial charge in [-0.3, -0.25) is 0 Å². The highest BCUT2D eigenvalue weighted by molar-refractivity contribution is 8.06. The van der Waals surface area contributed by atoms with Crippen molar-refractivity contribution in [2.75, 3.05) is 0 Å². The molecule has 0 saturated carbocycles. The van der Waals surface area contributed by atoms with Gasteiger partial charge in [-0.25, -0.2) is 16.8 Å². The molecule has 0 amide bonds. The largest absolute Gasteiger partial charge is 0.257 e. The van der Waals surface area contributed by atoms with Gasteiger partial charge in [-0.2, -0.15) is 0 Å². The molecule has 5 nitrogen and oxygen atoms in total. The van der Waals surface area contributed by atoms with Crippen molar-refractivity contribution >= 4 is 31.8 Å². The lowest BCUT2D eigenvalue weighted by Gasteiger charge is -2.30. The topological polar surface area (TPSA) is 71.5 Å². The smallest absolute Gasteiger partial charge is 0.206 e. The maximum absolute atomic E-state index is 14.0. The van der Waals surface area contributed by atoms with Gasteiger partial charge < -0.3 is 0 Å². The van der Waals surface area contributed by atoms with Crippen LogP contribution < -0.4 is 0 Å². The van der Waals surface area contributed by atoms with Gasteiger partial charge in [-0.15, -0.1) is 11.8 Å². The molecule has 1 atom stereocenters. The summed E-state index contributed by atoms with van der Waals surface area (Å²) >= 11 is 1.23. The van der Waals surface area contributed by atoms with Crippen LogP contribution in [0.3, 0.4) is 0 Å². The molecule has 0 spiro atoms. The molecule has 35 heavy (non-hydrogen) atoms. The van der Waals surface area contributed by atoms with E-state index in [0.29, 0.717) is 3.71 Å². The molecule has 0 aliphatic rings. The van der Waals surface area contributed by atoms with Crippen molar-refractivity contribution in [3.05, 3.63) is 126 Å². The normalized spacial score (nSPS) is 13.0. The highest BCUT2D eigenvalue weighted by Gasteiger charge is 2.42. The molecule has 180 valence electrons.